The van der Waals surface area contributed by atoms with E-state index in [2.05, 4.69) is 4.72 Å². The van der Waals surface area contributed by atoms with Crippen molar-refractivity contribution in [1.82, 2.24) is 9.62 Å². The number of nitro benzene ring substituents is 1. The second kappa shape index (κ2) is 8.13. The molecule has 0 spiro atoms. The summed E-state index contributed by atoms with van der Waals surface area (Å²) < 4.78 is 41.1. The molecule has 1 aliphatic rings. The molecule has 1 saturated heterocycles. The summed E-state index contributed by atoms with van der Waals surface area (Å²) in [5.74, 6) is -1.56. The lowest BCUT2D eigenvalue weighted by atomic mass is 10.0. The van der Waals surface area contributed by atoms with Gasteiger partial charge in [-0.25, -0.2) is 17.5 Å². The summed E-state index contributed by atoms with van der Waals surface area (Å²) in [7, 11) is -3.68. The molecule has 29 heavy (non-hydrogen) atoms. The number of anilines is 1. The van der Waals surface area contributed by atoms with Gasteiger partial charge in [-0.05, 0) is 31.0 Å². The van der Waals surface area contributed by atoms with Gasteiger partial charge in [-0.15, -0.1) is 0 Å². The zero-order chi connectivity index (χ0) is 21.2. The van der Waals surface area contributed by atoms with Crippen molar-refractivity contribution in [2.75, 3.05) is 18.8 Å². The second-order valence-corrected chi connectivity index (χ2v) is 8.36. The molecule has 2 aromatic carbocycles. The molecule has 0 radical (unpaired) electrons. The number of nitrogens with one attached hydrogen (secondary N) is 1. The number of nitrogens with zero attached hydrogens (tertiary/aromatic N) is 2. The van der Waals surface area contributed by atoms with E-state index in [1.807, 2.05) is 0 Å². The van der Waals surface area contributed by atoms with E-state index in [4.69, 9.17) is 5.73 Å². The van der Waals surface area contributed by atoms with Crippen molar-refractivity contribution >= 4 is 27.3 Å². The topological polar surface area (TPSA) is 136 Å². The smallest absolute Gasteiger partial charge is 0.295 e. The van der Waals surface area contributed by atoms with E-state index in [-0.39, 0.29) is 29.6 Å². The lowest BCUT2D eigenvalue weighted by Gasteiger charge is -2.32. The number of benzene rings is 2. The zero-order valence-electron chi connectivity index (χ0n) is 15.2. The summed E-state index contributed by atoms with van der Waals surface area (Å²) in [6.45, 7) is 0.398. The van der Waals surface area contributed by atoms with Crippen molar-refractivity contribution in [3.8, 4) is 0 Å². The molecule has 11 heteroatoms. The van der Waals surface area contributed by atoms with Crippen molar-refractivity contribution in [2.45, 2.75) is 23.8 Å². The number of hydrogen-bond donors (Lipinski definition) is 2. The Hall–Kier alpha value is -3.05. The number of amides is 1. The van der Waals surface area contributed by atoms with Crippen LogP contribution in [0.5, 0.6) is 0 Å². The van der Waals surface area contributed by atoms with Gasteiger partial charge >= 0.3 is 0 Å². The standard InChI is InChI=1S/C18H19FN4O5S/c19-12-10-15(17(20)16(11-12)23(25)26)18(24)22-8-6-13(7-9-22)21-29(27,28)14-4-2-1-3-5-14/h1-5,10-11,13,21H,6-9,20H2. The number of nitrogens with two attached hydrogens (primary N) is 1. The minimum Gasteiger partial charge on any atom is -0.393 e. The normalized spacial score (nSPS) is 15.3. The number of hydrogen-bond acceptors (Lipinski definition) is 6. The number of piperidine rings is 1. The predicted octanol–water partition coefficient (Wildman–Crippen LogP) is 1.90. The minimum absolute atomic E-state index is 0.151. The maximum Gasteiger partial charge on any atom is 0.295 e. The molecule has 0 unspecified atom stereocenters. The van der Waals surface area contributed by atoms with Gasteiger partial charge in [0.05, 0.1) is 21.4 Å². The minimum atomic E-state index is -3.68. The van der Waals surface area contributed by atoms with Crippen LogP contribution in [0.1, 0.15) is 23.2 Å². The molecule has 2 aromatic rings. The Kier molecular flexibility index (Phi) is 5.80. The van der Waals surface area contributed by atoms with E-state index in [1.165, 1.54) is 17.0 Å². The van der Waals surface area contributed by atoms with Gasteiger partial charge in [0.2, 0.25) is 10.0 Å². The van der Waals surface area contributed by atoms with Gasteiger partial charge in [-0.2, -0.15) is 0 Å². The molecule has 9 nitrogen and oxygen atoms in total. The van der Waals surface area contributed by atoms with Crippen LogP contribution in [0.4, 0.5) is 15.8 Å². The first-order valence-electron chi connectivity index (χ1n) is 8.79. The molecular weight excluding hydrogens is 403 g/mol. The lowest BCUT2D eigenvalue weighted by Crippen LogP contribution is -2.46. The Morgan fingerprint density at radius 1 is 1.21 bits per heavy atom. The second-order valence-electron chi connectivity index (χ2n) is 6.64. The summed E-state index contributed by atoms with van der Waals surface area (Å²) in [5.41, 5.74) is 4.35. The first kappa shape index (κ1) is 20.7. The maximum atomic E-state index is 13.7. The molecule has 0 saturated carbocycles. The molecule has 0 aromatic heterocycles. The molecule has 3 N–H and O–H groups in total. The van der Waals surface area contributed by atoms with Crippen LogP contribution in [0.3, 0.4) is 0 Å². The number of carbonyl (C=O) groups excluding carboxylic acids is 1. The fourth-order valence-electron chi connectivity index (χ4n) is 3.19. The molecule has 1 heterocycles. The summed E-state index contributed by atoms with van der Waals surface area (Å²) in [6.07, 6.45) is 0.685. The molecule has 1 amide bonds. The van der Waals surface area contributed by atoms with Gasteiger partial charge in [0.25, 0.3) is 11.6 Å². The highest BCUT2D eigenvalue weighted by Gasteiger charge is 2.30. The summed E-state index contributed by atoms with van der Waals surface area (Å²) in [5, 5.41) is 11.0. The molecule has 0 aliphatic carbocycles. The third kappa shape index (κ3) is 4.51. The van der Waals surface area contributed by atoms with E-state index in [1.54, 1.807) is 18.2 Å². The monoisotopic (exact) mass is 422 g/mol. The van der Waals surface area contributed by atoms with Crippen LogP contribution in [0.2, 0.25) is 0 Å². The van der Waals surface area contributed by atoms with Crippen molar-refractivity contribution < 1.29 is 22.5 Å². The van der Waals surface area contributed by atoms with E-state index in [9.17, 15) is 27.7 Å². The number of rotatable bonds is 5. The van der Waals surface area contributed by atoms with Gasteiger partial charge in [0.1, 0.15) is 11.5 Å². The van der Waals surface area contributed by atoms with Crippen LogP contribution < -0.4 is 10.5 Å². The Morgan fingerprint density at radius 3 is 2.41 bits per heavy atom. The van der Waals surface area contributed by atoms with Crippen molar-refractivity contribution in [3.63, 3.8) is 0 Å². The van der Waals surface area contributed by atoms with Crippen molar-refractivity contribution in [2.24, 2.45) is 0 Å². The average molecular weight is 422 g/mol. The number of nitro groups is 1. The molecular formula is C18H19FN4O5S. The number of likely N-dealkylation sites (tertiary alicyclic amines) is 1. The maximum absolute atomic E-state index is 13.7. The van der Waals surface area contributed by atoms with Gasteiger partial charge in [-0.1, -0.05) is 18.2 Å². The van der Waals surface area contributed by atoms with E-state index >= 15 is 0 Å². The largest absolute Gasteiger partial charge is 0.393 e. The van der Waals surface area contributed by atoms with Crippen LogP contribution in [-0.2, 0) is 10.0 Å². The van der Waals surface area contributed by atoms with Crippen LogP contribution in [-0.4, -0.2) is 43.3 Å². The van der Waals surface area contributed by atoms with Gasteiger partial charge in [-0.3, -0.25) is 14.9 Å². The van der Waals surface area contributed by atoms with Crippen LogP contribution in [0.15, 0.2) is 47.4 Å². The molecule has 1 aliphatic heterocycles. The first-order valence-corrected chi connectivity index (χ1v) is 10.3. The quantitative estimate of drug-likeness (QED) is 0.429. The fourth-order valence-corrected chi connectivity index (χ4v) is 4.52. The SMILES string of the molecule is Nc1c(C(=O)N2CCC(NS(=O)(=O)c3ccccc3)CC2)cc(F)cc1[N+](=O)[O-]. The molecule has 0 atom stereocenters. The van der Waals surface area contributed by atoms with E-state index in [0.717, 1.165) is 6.07 Å². The summed E-state index contributed by atoms with van der Waals surface area (Å²) in [4.78, 5) is 24.3. The fraction of sp³-hybridized carbons (Fsp3) is 0.278. The lowest BCUT2D eigenvalue weighted by molar-refractivity contribution is -0.384. The Balaban J connectivity index is 1.68. The molecule has 3 rings (SSSR count). The number of carbonyl (C=O) groups is 1. The Bertz CT molecular complexity index is 1040. The van der Waals surface area contributed by atoms with Crippen LogP contribution in [0, 0.1) is 15.9 Å². The zero-order valence-corrected chi connectivity index (χ0v) is 16.1. The molecule has 1 fully saturated rings. The van der Waals surface area contributed by atoms with Gasteiger partial charge < -0.3 is 10.6 Å². The summed E-state index contributed by atoms with van der Waals surface area (Å²) in [6, 6.07) is 9.10. The van der Waals surface area contributed by atoms with Crippen LogP contribution >= 0.6 is 0 Å². The van der Waals surface area contributed by atoms with Crippen molar-refractivity contribution in [1.29, 1.82) is 0 Å². The van der Waals surface area contributed by atoms with Gasteiger partial charge in [0, 0.05) is 19.1 Å². The Morgan fingerprint density at radius 2 is 1.83 bits per heavy atom. The van der Waals surface area contributed by atoms with Gasteiger partial charge in [0.15, 0.2) is 0 Å². The van der Waals surface area contributed by atoms with Crippen LogP contribution in [0.25, 0.3) is 0 Å². The van der Waals surface area contributed by atoms with E-state index in [0.29, 0.717) is 18.9 Å². The highest BCUT2D eigenvalue weighted by atomic mass is 32.2. The number of sulfonamides is 1. The summed E-state index contributed by atoms with van der Waals surface area (Å²) >= 11 is 0. The molecule has 0 bridgehead atoms. The third-order valence-corrected chi connectivity index (χ3v) is 6.24. The average Bonchev–Trinajstić information content (AvgIpc) is 2.69. The number of nitrogen functional groups attached to an aromatic ring is 1. The molecule has 154 valence electrons. The van der Waals surface area contributed by atoms with E-state index < -0.39 is 38.0 Å². The highest BCUT2D eigenvalue weighted by Crippen LogP contribution is 2.28. The first-order chi connectivity index (χ1) is 13.7. The highest BCUT2D eigenvalue weighted by molar-refractivity contribution is 7.89. The third-order valence-electron chi connectivity index (χ3n) is 4.71. The Labute approximate surface area is 166 Å². The number of halogens is 1. The predicted molar refractivity (Wildman–Crippen MR) is 103 cm³/mol. The van der Waals surface area contributed by atoms with Crippen molar-refractivity contribution in [3.05, 3.63) is 64.0 Å².